The average Bonchev–Trinajstić information content (AvgIpc) is 2.62. The Morgan fingerprint density at radius 2 is 1.43 bits per heavy atom. The van der Waals surface area contributed by atoms with Gasteiger partial charge in [0.25, 0.3) is 5.91 Å². The van der Waals surface area contributed by atoms with Crippen molar-refractivity contribution in [1.82, 2.24) is 5.32 Å². The smallest absolute Gasteiger partial charge is 0.416 e. The number of halogens is 6. The molecule has 0 atom stereocenters. The van der Waals surface area contributed by atoms with Gasteiger partial charge >= 0.3 is 12.4 Å². The topological polar surface area (TPSA) is 72.5 Å². The van der Waals surface area contributed by atoms with Gasteiger partial charge in [0.2, 0.25) is 0 Å². The van der Waals surface area contributed by atoms with Crippen LogP contribution >= 0.6 is 0 Å². The summed E-state index contributed by atoms with van der Waals surface area (Å²) in [6, 6.07) is 6.23. The van der Waals surface area contributed by atoms with Crippen LogP contribution < -0.4 is 10.1 Å². The van der Waals surface area contributed by atoms with Gasteiger partial charge in [0.05, 0.1) is 16.0 Å². The monoisotopic (exact) mass is 455 g/mol. The van der Waals surface area contributed by atoms with Crippen molar-refractivity contribution in [3.8, 4) is 5.75 Å². The van der Waals surface area contributed by atoms with E-state index in [1.807, 2.05) is 0 Å². The van der Waals surface area contributed by atoms with Crippen LogP contribution in [0.15, 0.2) is 47.4 Å². The van der Waals surface area contributed by atoms with Crippen LogP contribution in [0.3, 0.4) is 0 Å². The highest BCUT2D eigenvalue weighted by Crippen LogP contribution is 2.38. The lowest BCUT2D eigenvalue weighted by Gasteiger charge is -2.14. The standard InChI is InChI=1S/C18H15F6NO4S/c1-30(27,28)15-4-2-11(3-5-15)9-25-16(26)10-29-14-7-12(17(19,20)21)6-13(8-14)18(22,23)24/h2-8H,9-10H2,1H3,(H,25,26). The molecule has 30 heavy (non-hydrogen) atoms. The van der Waals surface area contributed by atoms with Crippen LogP contribution in [0.1, 0.15) is 16.7 Å². The van der Waals surface area contributed by atoms with Crippen LogP contribution in [0.25, 0.3) is 0 Å². The maximum Gasteiger partial charge on any atom is 0.416 e. The van der Waals surface area contributed by atoms with E-state index in [1.165, 1.54) is 24.3 Å². The van der Waals surface area contributed by atoms with Crippen LogP contribution in [-0.2, 0) is 33.5 Å². The van der Waals surface area contributed by atoms with Gasteiger partial charge in [-0.1, -0.05) is 12.1 Å². The average molecular weight is 455 g/mol. The molecule has 2 aromatic carbocycles. The molecule has 12 heteroatoms. The minimum Gasteiger partial charge on any atom is -0.484 e. The number of rotatable bonds is 6. The number of carbonyl (C=O) groups excluding carboxylic acids is 1. The number of hydrogen-bond acceptors (Lipinski definition) is 4. The summed E-state index contributed by atoms with van der Waals surface area (Å²) in [6.45, 7) is -0.872. The molecule has 0 aromatic heterocycles. The van der Waals surface area contributed by atoms with Crippen LogP contribution in [-0.4, -0.2) is 27.2 Å². The SMILES string of the molecule is CS(=O)(=O)c1ccc(CNC(=O)COc2cc(C(F)(F)F)cc(C(F)(F)F)c2)cc1. The Morgan fingerprint density at radius 3 is 1.87 bits per heavy atom. The molecular formula is C18H15F6NO4S. The Morgan fingerprint density at radius 1 is 0.933 bits per heavy atom. The number of carbonyl (C=O) groups is 1. The fourth-order valence-electron chi connectivity index (χ4n) is 2.26. The first-order valence-corrected chi connectivity index (χ1v) is 10.0. The Labute approximate surface area is 167 Å². The van der Waals surface area contributed by atoms with Gasteiger partial charge in [0.1, 0.15) is 5.75 Å². The van der Waals surface area contributed by atoms with Crippen molar-refractivity contribution in [3.05, 3.63) is 59.2 Å². The molecule has 164 valence electrons. The number of alkyl halides is 6. The first-order chi connectivity index (χ1) is 13.7. The third-order valence-electron chi connectivity index (χ3n) is 3.77. The van der Waals surface area contributed by atoms with Gasteiger partial charge in [-0.15, -0.1) is 0 Å². The van der Waals surface area contributed by atoms with Gasteiger partial charge in [-0.2, -0.15) is 26.3 Å². The van der Waals surface area contributed by atoms with Gasteiger partial charge in [-0.3, -0.25) is 4.79 Å². The van der Waals surface area contributed by atoms with Crippen molar-refractivity contribution < 1.29 is 44.3 Å². The first-order valence-electron chi connectivity index (χ1n) is 8.14. The zero-order chi connectivity index (χ0) is 22.7. The summed E-state index contributed by atoms with van der Waals surface area (Å²) >= 11 is 0. The lowest BCUT2D eigenvalue weighted by molar-refractivity contribution is -0.143. The molecule has 0 unspecified atom stereocenters. The molecule has 0 aliphatic heterocycles. The summed E-state index contributed by atoms with van der Waals surface area (Å²) in [7, 11) is -3.39. The number of amides is 1. The van der Waals surface area contributed by atoms with Crippen LogP contribution in [0.5, 0.6) is 5.75 Å². The van der Waals surface area contributed by atoms with E-state index in [-0.39, 0.29) is 17.5 Å². The molecule has 0 aliphatic rings. The second-order valence-corrected chi connectivity index (χ2v) is 8.24. The molecule has 0 heterocycles. The van der Waals surface area contributed by atoms with E-state index in [9.17, 15) is 39.6 Å². The Bertz CT molecular complexity index is 982. The van der Waals surface area contributed by atoms with Crippen molar-refractivity contribution in [2.45, 2.75) is 23.8 Å². The third-order valence-corrected chi connectivity index (χ3v) is 4.90. The van der Waals surface area contributed by atoms with E-state index in [4.69, 9.17) is 4.74 Å². The molecule has 0 radical (unpaired) electrons. The van der Waals surface area contributed by atoms with Crippen molar-refractivity contribution in [2.75, 3.05) is 12.9 Å². The van der Waals surface area contributed by atoms with Crippen molar-refractivity contribution in [1.29, 1.82) is 0 Å². The largest absolute Gasteiger partial charge is 0.484 e. The lowest BCUT2D eigenvalue weighted by Crippen LogP contribution is -2.28. The van der Waals surface area contributed by atoms with E-state index in [2.05, 4.69) is 5.32 Å². The summed E-state index contributed by atoms with van der Waals surface area (Å²) in [6.07, 6.45) is -9.03. The van der Waals surface area contributed by atoms with Crippen LogP contribution in [0.4, 0.5) is 26.3 Å². The maximum atomic E-state index is 12.8. The van der Waals surface area contributed by atoms with Gasteiger partial charge in [-0.05, 0) is 35.9 Å². The van der Waals surface area contributed by atoms with Gasteiger partial charge < -0.3 is 10.1 Å². The molecule has 0 saturated heterocycles. The molecule has 1 N–H and O–H groups in total. The fraction of sp³-hybridized carbons (Fsp3) is 0.278. The number of ether oxygens (including phenoxy) is 1. The highest BCUT2D eigenvalue weighted by molar-refractivity contribution is 7.90. The summed E-state index contributed by atoms with van der Waals surface area (Å²) in [5.74, 6) is -1.56. The first kappa shape index (κ1) is 23.5. The van der Waals surface area contributed by atoms with Gasteiger partial charge in [0.15, 0.2) is 16.4 Å². The summed E-state index contributed by atoms with van der Waals surface area (Å²) < 4.78 is 104. The van der Waals surface area contributed by atoms with Crippen molar-refractivity contribution >= 4 is 15.7 Å². The second kappa shape index (κ2) is 8.54. The normalized spacial score (nSPS) is 12.5. The van der Waals surface area contributed by atoms with Crippen LogP contribution in [0.2, 0.25) is 0 Å². The molecule has 0 spiro atoms. The molecular weight excluding hydrogens is 440 g/mol. The van der Waals surface area contributed by atoms with Crippen molar-refractivity contribution in [3.63, 3.8) is 0 Å². The van der Waals surface area contributed by atoms with E-state index >= 15 is 0 Å². The van der Waals surface area contributed by atoms with Gasteiger partial charge in [0, 0.05) is 12.8 Å². The second-order valence-electron chi connectivity index (χ2n) is 6.22. The quantitative estimate of drug-likeness (QED) is 0.673. The molecule has 2 rings (SSSR count). The summed E-state index contributed by atoms with van der Waals surface area (Å²) in [4.78, 5) is 11.9. The molecule has 5 nitrogen and oxygen atoms in total. The molecule has 1 amide bonds. The number of nitrogens with one attached hydrogen (secondary N) is 1. The van der Waals surface area contributed by atoms with E-state index in [1.54, 1.807) is 0 Å². The lowest BCUT2D eigenvalue weighted by atomic mass is 10.1. The highest BCUT2D eigenvalue weighted by atomic mass is 32.2. The molecule has 0 fully saturated rings. The summed E-state index contributed by atoms with van der Waals surface area (Å²) in [5, 5.41) is 2.36. The zero-order valence-electron chi connectivity index (χ0n) is 15.3. The van der Waals surface area contributed by atoms with E-state index in [0.717, 1.165) is 6.26 Å². The van der Waals surface area contributed by atoms with E-state index < -0.39 is 51.6 Å². The van der Waals surface area contributed by atoms with Gasteiger partial charge in [-0.25, -0.2) is 8.42 Å². The minimum atomic E-state index is -5.03. The molecule has 0 bridgehead atoms. The number of benzene rings is 2. The predicted molar refractivity (Wildman–Crippen MR) is 93.3 cm³/mol. The Balaban J connectivity index is 2.02. The molecule has 2 aromatic rings. The minimum absolute atomic E-state index is 0.0485. The Hall–Kier alpha value is -2.76. The number of sulfone groups is 1. The molecule has 0 saturated carbocycles. The Kier molecular flexibility index (Phi) is 6.70. The van der Waals surface area contributed by atoms with E-state index in [0.29, 0.717) is 17.7 Å². The van der Waals surface area contributed by atoms with Crippen LogP contribution in [0, 0.1) is 0 Å². The van der Waals surface area contributed by atoms with Crippen molar-refractivity contribution in [2.24, 2.45) is 0 Å². The fourth-order valence-corrected chi connectivity index (χ4v) is 2.90. The zero-order valence-corrected chi connectivity index (χ0v) is 16.1. The molecule has 0 aliphatic carbocycles. The predicted octanol–water partition coefficient (Wildman–Crippen LogP) is 3.82. The summed E-state index contributed by atoms with van der Waals surface area (Å²) in [5.41, 5.74) is -2.59. The maximum absolute atomic E-state index is 12.8. The number of hydrogen-bond donors (Lipinski definition) is 1. The third kappa shape index (κ3) is 6.65. The highest BCUT2D eigenvalue weighted by Gasteiger charge is 2.37.